The van der Waals surface area contributed by atoms with Gasteiger partial charge in [0.05, 0.1) is 6.54 Å². The first kappa shape index (κ1) is 20.9. The molecule has 2 saturated heterocycles. The summed E-state index contributed by atoms with van der Waals surface area (Å²) in [5.74, 6) is 1.81. The van der Waals surface area contributed by atoms with Crippen molar-refractivity contribution in [2.45, 2.75) is 65.3 Å². The van der Waals surface area contributed by atoms with Crippen LogP contribution in [0.15, 0.2) is 4.99 Å². The van der Waals surface area contributed by atoms with Gasteiger partial charge in [0.25, 0.3) is 0 Å². The molecule has 0 aromatic heterocycles. The highest BCUT2D eigenvalue weighted by Crippen LogP contribution is 2.43. The molecule has 5 heteroatoms. The van der Waals surface area contributed by atoms with E-state index in [-0.39, 0.29) is 0 Å². The molecule has 0 aromatic rings. The molecule has 0 bridgehead atoms. The van der Waals surface area contributed by atoms with Crippen molar-refractivity contribution >= 4 is 5.96 Å². The molecule has 1 spiro atoms. The van der Waals surface area contributed by atoms with E-state index >= 15 is 0 Å². The summed E-state index contributed by atoms with van der Waals surface area (Å²) in [6.07, 6.45) is 8.53. The Morgan fingerprint density at radius 3 is 2.33 bits per heavy atom. The normalized spacial score (nSPS) is 26.1. The molecule has 2 heterocycles. The molecule has 3 fully saturated rings. The fraction of sp³-hybridized carbons (Fsp3) is 0.955. The van der Waals surface area contributed by atoms with Crippen LogP contribution in [0.2, 0.25) is 0 Å². The lowest BCUT2D eigenvalue weighted by Crippen LogP contribution is -2.52. The predicted molar refractivity (Wildman–Crippen MR) is 115 cm³/mol. The van der Waals surface area contributed by atoms with Gasteiger partial charge in [0.15, 0.2) is 5.96 Å². The van der Waals surface area contributed by atoms with Crippen LogP contribution in [-0.2, 0) is 0 Å². The molecule has 1 aliphatic carbocycles. The summed E-state index contributed by atoms with van der Waals surface area (Å²) in [4.78, 5) is 12.8. The molecule has 2 aliphatic heterocycles. The van der Waals surface area contributed by atoms with Gasteiger partial charge in [0.1, 0.15) is 0 Å². The minimum atomic E-state index is 0.554. The monoisotopic (exact) mass is 377 g/mol. The van der Waals surface area contributed by atoms with E-state index in [2.05, 4.69) is 47.8 Å². The van der Waals surface area contributed by atoms with Crippen molar-refractivity contribution in [1.29, 1.82) is 0 Å². The number of nitrogens with one attached hydrogen (secondary N) is 1. The van der Waals surface area contributed by atoms with Crippen molar-refractivity contribution < 1.29 is 0 Å². The first-order valence-electron chi connectivity index (χ1n) is 11.5. The number of rotatable bonds is 5. The lowest BCUT2D eigenvalue weighted by molar-refractivity contribution is 0.0924. The third-order valence-corrected chi connectivity index (χ3v) is 7.19. The van der Waals surface area contributed by atoms with Crippen LogP contribution in [0.25, 0.3) is 0 Å². The Morgan fingerprint density at radius 2 is 1.70 bits per heavy atom. The minimum Gasteiger partial charge on any atom is -0.357 e. The molecule has 5 nitrogen and oxygen atoms in total. The second kappa shape index (κ2) is 9.60. The molecule has 0 amide bonds. The second-order valence-electron chi connectivity index (χ2n) is 9.58. The summed E-state index contributed by atoms with van der Waals surface area (Å²) in [7, 11) is 2.23. The van der Waals surface area contributed by atoms with Gasteiger partial charge in [-0.05, 0) is 44.6 Å². The topological polar surface area (TPSA) is 34.1 Å². The summed E-state index contributed by atoms with van der Waals surface area (Å²) in [5.41, 5.74) is 0.587. The Morgan fingerprint density at radius 1 is 1.00 bits per heavy atom. The average Bonchev–Trinajstić information content (AvgIpc) is 3.06. The lowest BCUT2D eigenvalue weighted by Gasteiger charge is -2.39. The molecule has 156 valence electrons. The van der Waals surface area contributed by atoms with Crippen molar-refractivity contribution in [2.24, 2.45) is 16.3 Å². The van der Waals surface area contributed by atoms with Crippen LogP contribution in [0.1, 0.15) is 59.3 Å². The summed E-state index contributed by atoms with van der Waals surface area (Å²) in [6, 6.07) is 0.554. The fourth-order valence-electron chi connectivity index (χ4n) is 5.33. The minimum absolute atomic E-state index is 0.554. The molecule has 1 saturated carbocycles. The second-order valence-corrected chi connectivity index (χ2v) is 9.58. The van der Waals surface area contributed by atoms with Gasteiger partial charge in [-0.15, -0.1) is 0 Å². The van der Waals surface area contributed by atoms with Gasteiger partial charge in [-0.25, -0.2) is 0 Å². The molecule has 0 radical (unpaired) electrons. The maximum atomic E-state index is 5.17. The van der Waals surface area contributed by atoms with E-state index in [1.807, 2.05) is 0 Å². The zero-order valence-corrected chi connectivity index (χ0v) is 18.3. The van der Waals surface area contributed by atoms with Gasteiger partial charge in [-0.1, -0.05) is 33.1 Å². The van der Waals surface area contributed by atoms with Crippen molar-refractivity contribution in [2.75, 3.05) is 59.4 Å². The number of hydrogen-bond acceptors (Lipinski definition) is 3. The van der Waals surface area contributed by atoms with Crippen LogP contribution >= 0.6 is 0 Å². The van der Waals surface area contributed by atoms with Crippen LogP contribution in [0.5, 0.6) is 0 Å². The van der Waals surface area contributed by atoms with E-state index in [0.717, 1.165) is 13.1 Å². The van der Waals surface area contributed by atoms with E-state index in [0.29, 0.717) is 17.4 Å². The number of piperazine rings is 1. The van der Waals surface area contributed by atoms with Crippen molar-refractivity contribution in [3.05, 3.63) is 0 Å². The average molecular weight is 378 g/mol. The van der Waals surface area contributed by atoms with Crippen LogP contribution in [-0.4, -0.2) is 86.1 Å². The molecule has 1 unspecified atom stereocenters. The summed E-state index contributed by atoms with van der Waals surface area (Å²) in [6.45, 7) is 15.9. The van der Waals surface area contributed by atoms with E-state index in [1.54, 1.807) is 0 Å². The molecule has 27 heavy (non-hydrogen) atoms. The summed E-state index contributed by atoms with van der Waals surface area (Å²) >= 11 is 0. The number of aliphatic imine (C=N–C) groups is 1. The van der Waals surface area contributed by atoms with Crippen LogP contribution in [0.3, 0.4) is 0 Å². The first-order valence-corrected chi connectivity index (χ1v) is 11.5. The quantitative estimate of drug-likeness (QED) is 0.590. The van der Waals surface area contributed by atoms with E-state index < -0.39 is 0 Å². The Labute approximate surface area is 167 Å². The number of hydrogen-bond donors (Lipinski definition) is 1. The van der Waals surface area contributed by atoms with Gasteiger partial charge in [-0.2, -0.15) is 0 Å². The highest BCUT2D eigenvalue weighted by atomic mass is 15.3. The van der Waals surface area contributed by atoms with Crippen molar-refractivity contribution in [1.82, 2.24) is 20.0 Å². The van der Waals surface area contributed by atoms with Gasteiger partial charge in [-0.3, -0.25) is 9.89 Å². The maximum Gasteiger partial charge on any atom is 0.193 e. The molecule has 1 N–H and O–H groups in total. The van der Waals surface area contributed by atoms with Crippen molar-refractivity contribution in [3.8, 4) is 0 Å². The van der Waals surface area contributed by atoms with Gasteiger partial charge in [0, 0.05) is 51.9 Å². The van der Waals surface area contributed by atoms with Gasteiger partial charge >= 0.3 is 0 Å². The van der Waals surface area contributed by atoms with Crippen molar-refractivity contribution in [3.63, 3.8) is 0 Å². The maximum absolute atomic E-state index is 5.17. The standard InChI is InChI=1S/C22H43N5/c1-5-23-21(27-12-11-22(18-27)9-7-6-8-10-22)24-17-20(19(2)3)26-15-13-25(4)14-16-26/h19-20H,5-18H2,1-4H3,(H,23,24). The zero-order chi connectivity index (χ0) is 19.3. The number of nitrogens with zero attached hydrogens (tertiary/aromatic N) is 4. The smallest absolute Gasteiger partial charge is 0.193 e. The highest BCUT2D eigenvalue weighted by Gasteiger charge is 2.39. The molecule has 1 atom stereocenters. The highest BCUT2D eigenvalue weighted by molar-refractivity contribution is 5.80. The SMILES string of the molecule is CCNC(=NCC(C(C)C)N1CCN(C)CC1)N1CCC2(CCCCC2)C1. The Bertz CT molecular complexity index is 475. The van der Waals surface area contributed by atoms with E-state index in [9.17, 15) is 0 Å². The van der Waals surface area contributed by atoms with Crippen LogP contribution in [0, 0.1) is 11.3 Å². The van der Waals surface area contributed by atoms with E-state index in [1.165, 1.54) is 83.8 Å². The predicted octanol–water partition coefficient (Wildman–Crippen LogP) is 2.88. The molecule has 0 aromatic carbocycles. The van der Waals surface area contributed by atoms with Crippen LogP contribution < -0.4 is 5.32 Å². The molecule has 3 aliphatic rings. The van der Waals surface area contributed by atoms with Gasteiger partial charge in [0.2, 0.25) is 0 Å². The number of guanidine groups is 1. The molecular weight excluding hydrogens is 334 g/mol. The Hall–Kier alpha value is -0.810. The first-order chi connectivity index (χ1) is 13.0. The summed E-state index contributed by atoms with van der Waals surface area (Å²) < 4.78 is 0. The third-order valence-electron chi connectivity index (χ3n) is 7.19. The largest absolute Gasteiger partial charge is 0.357 e. The van der Waals surface area contributed by atoms with Crippen LogP contribution in [0.4, 0.5) is 0 Å². The fourth-order valence-corrected chi connectivity index (χ4v) is 5.33. The zero-order valence-electron chi connectivity index (χ0n) is 18.3. The number of likely N-dealkylation sites (N-methyl/N-ethyl adjacent to an activating group) is 1. The summed E-state index contributed by atoms with van der Waals surface area (Å²) in [5, 5.41) is 3.60. The lowest BCUT2D eigenvalue weighted by atomic mass is 9.73. The Balaban J connectivity index is 1.63. The number of likely N-dealkylation sites (tertiary alicyclic amines) is 1. The van der Waals surface area contributed by atoms with Gasteiger partial charge < -0.3 is 15.1 Å². The molecule has 3 rings (SSSR count). The molecular formula is C22H43N5. The Kier molecular flexibility index (Phi) is 7.43. The third kappa shape index (κ3) is 5.38. The van der Waals surface area contributed by atoms with E-state index in [4.69, 9.17) is 4.99 Å².